The maximum Gasteiger partial charge on any atom is 0.417 e. The van der Waals surface area contributed by atoms with E-state index in [2.05, 4.69) is 21.2 Å². The van der Waals surface area contributed by atoms with E-state index in [0.717, 1.165) is 6.07 Å². The number of halogens is 4. The monoisotopic (exact) mass is 325 g/mol. The van der Waals surface area contributed by atoms with Crippen molar-refractivity contribution in [1.82, 2.24) is 0 Å². The fourth-order valence-corrected chi connectivity index (χ4v) is 1.89. The normalized spacial score (nSPS) is 15.3. The second kappa shape index (κ2) is 5.93. The number of ether oxygens (including phenoxy) is 1. The van der Waals surface area contributed by atoms with Gasteiger partial charge in [-0.05, 0) is 32.0 Å². The van der Waals surface area contributed by atoms with Gasteiger partial charge in [-0.2, -0.15) is 13.2 Å². The second-order valence-electron chi connectivity index (χ2n) is 4.07. The predicted octanol–water partition coefficient (Wildman–Crippen LogP) is 4.30. The summed E-state index contributed by atoms with van der Waals surface area (Å²) in [4.78, 5) is 0. The van der Waals surface area contributed by atoms with Crippen LogP contribution in [0.3, 0.4) is 0 Å². The number of benzene rings is 1. The van der Waals surface area contributed by atoms with Crippen molar-refractivity contribution in [2.24, 2.45) is 0 Å². The van der Waals surface area contributed by atoms with Crippen LogP contribution >= 0.6 is 15.9 Å². The van der Waals surface area contributed by atoms with Crippen molar-refractivity contribution < 1.29 is 17.9 Å². The molecule has 0 aliphatic carbocycles. The van der Waals surface area contributed by atoms with Crippen molar-refractivity contribution in [3.63, 3.8) is 0 Å². The number of alkyl halides is 3. The van der Waals surface area contributed by atoms with Gasteiger partial charge in [-0.1, -0.05) is 15.9 Å². The number of rotatable bonds is 4. The Morgan fingerprint density at radius 3 is 2.39 bits per heavy atom. The Morgan fingerprint density at radius 2 is 1.89 bits per heavy atom. The molecule has 2 nitrogen and oxygen atoms in total. The Labute approximate surface area is 113 Å². The van der Waals surface area contributed by atoms with Crippen molar-refractivity contribution in [3.8, 4) is 0 Å². The third-order valence-electron chi connectivity index (χ3n) is 2.74. The van der Waals surface area contributed by atoms with Gasteiger partial charge < -0.3 is 10.1 Å². The lowest BCUT2D eigenvalue weighted by atomic mass is 10.1. The highest BCUT2D eigenvalue weighted by molar-refractivity contribution is 9.10. The number of hydrogen-bond acceptors (Lipinski definition) is 2. The summed E-state index contributed by atoms with van der Waals surface area (Å²) in [6.07, 6.45) is -4.46. The van der Waals surface area contributed by atoms with Crippen LogP contribution in [0, 0.1) is 0 Å². The topological polar surface area (TPSA) is 21.3 Å². The summed E-state index contributed by atoms with van der Waals surface area (Å²) in [7, 11) is 1.56. The molecule has 1 aromatic rings. The van der Waals surface area contributed by atoms with Crippen LogP contribution in [-0.4, -0.2) is 19.3 Å². The minimum atomic E-state index is -4.37. The first kappa shape index (κ1) is 15.3. The van der Waals surface area contributed by atoms with Crippen LogP contribution in [0.1, 0.15) is 19.4 Å². The lowest BCUT2D eigenvalue weighted by Crippen LogP contribution is -2.29. The first-order valence-corrected chi connectivity index (χ1v) is 6.21. The molecular formula is C12H15BrF3NO. The van der Waals surface area contributed by atoms with E-state index >= 15 is 0 Å². The van der Waals surface area contributed by atoms with Crippen molar-refractivity contribution in [3.05, 3.63) is 28.2 Å². The highest BCUT2D eigenvalue weighted by atomic mass is 79.9. The van der Waals surface area contributed by atoms with Crippen molar-refractivity contribution in [2.75, 3.05) is 12.4 Å². The van der Waals surface area contributed by atoms with Gasteiger partial charge in [0, 0.05) is 23.3 Å². The minimum absolute atomic E-state index is 0.0352. The van der Waals surface area contributed by atoms with Gasteiger partial charge in [0.2, 0.25) is 0 Å². The molecule has 0 fully saturated rings. The summed E-state index contributed by atoms with van der Waals surface area (Å²) < 4.78 is 43.3. The maximum absolute atomic E-state index is 12.7. The predicted molar refractivity (Wildman–Crippen MR) is 68.7 cm³/mol. The van der Waals surface area contributed by atoms with Gasteiger partial charge in [0.1, 0.15) is 0 Å². The molecule has 0 amide bonds. The molecule has 1 N–H and O–H groups in total. The van der Waals surface area contributed by atoms with Crippen LogP contribution in [-0.2, 0) is 10.9 Å². The summed E-state index contributed by atoms with van der Waals surface area (Å²) >= 11 is 2.90. The van der Waals surface area contributed by atoms with Gasteiger partial charge >= 0.3 is 6.18 Å². The van der Waals surface area contributed by atoms with Crippen LogP contribution in [0.25, 0.3) is 0 Å². The molecule has 102 valence electrons. The molecule has 2 unspecified atom stereocenters. The van der Waals surface area contributed by atoms with Crippen molar-refractivity contribution >= 4 is 21.6 Å². The molecule has 0 heterocycles. The Hall–Kier alpha value is -0.750. The summed E-state index contributed by atoms with van der Waals surface area (Å²) in [5.41, 5.74) is -0.272. The Morgan fingerprint density at radius 1 is 1.28 bits per heavy atom. The average molecular weight is 326 g/mol. The zero-order valence-electron chi connectivity index (χ0n) is 10.3. The van der Waals surface area contributed by atoms with Gasteiger partial charge in [0.25, 0.3) is 0 Å². The molecule has 0 aliphatic heterocycles. The molecule has 0 aliphatic rings. The molecule has 0 radical (unpaired) electrons. The zero-order valence-corrected chi connectivity index (χ0v) is 11.9. The molecule has 18 heavy (non-hydrogen) atoms. The van der Waals surface area contributed by atoms with Crippen LogP contribution in [0.4, 0.5) is 18.9 Å². The number of methoxy groups -OCH3 is 1. The standard InChI is InChI=1S/C12H15BrF3NO/c1-7(8(2)18-3)17-9-4-5-11(13)10(6-9)12(14,15)16/h4-8,17H,1-3H3. The largest absolute Gasteiger partial charge is 0.417 e. The first-order valence-electron chi connectivity index (χ1n) is 5.41. The maximum atomic E-state index is 12.7. The molecule has 0 bridgehead atoms. The molecular weight excluding hydrogens is 311 g/mol. The molecule has 2 atom stereocenters. The van der Waals surface area contributed by atoms with Crippen LogP contribution in [0.5, 0.6) is 0 Å². The van der Waals surface area contributed by atoms with Crippen molar-refractivity contribution in [1.29, 1.82) is 0 Å². The van der Waals surface area contributed by atoms with Crippen molar-refractivity contribution in [2.45, 2.75) is 32.2 Å². The van der Waals surface area contributed by atoms with E-state index in [4.69, 9.17) is 4.74 Å². The van der Waals surface area contributed by atoms with E-state index in [-0.39, 0.29) is 16.6 Å². The van der Waals surface area contributed by atoms with Crippen LogP contribution in [0.15, 0.2) is 22.7 Å². The van der Waals surface area contributed by atoms with Crippen LogP contribution < -0.4 is 5.32 Å². The second-order valence-corrected chi connectivity index (χ2v) is 4.92. The lowest BCUT2D eigenvalue weighted by molar-refractivity contribution is -0.138. The van der Waals surface area contributed by atoms with E-state index in [1.54, 1.807) is 13.2 Å². The van der Waals surface area contributed by atoms with Gasteiger partial charge in [0.05, 0.1) is 11.7 Å². The Kier molecular flexibility index (Phi) is 5.04. The molecule has 0 aromatic heterocycles. The Bertz CT molecular complexity index is 409. The fourth-order valence-electron chi connectivity index (χ4n) is 1.42. The van der Waals surface area contributed by atoms with Crippen LogP contribution in [0.2, 0.25) is 0 Å². The quantitative estimate of drug-likeness (QED) is 0.891. The number of anilines is 1. The van der Waals surface area contributed by atoms with E-state index in [9.17, 15) is 13.2 Å². The lowest BCUT2D eigenvalue weighted by Gasteiger charge is -2.22. The van der Waals surface area contributed by atoms with Gasteiger partial charge in [-0.15, -0.1) is 0 Å². The summed E-state index contributed by atoms with van der Waals surface area (Å²) in [6.45, 7) is 3.70. The molecule has 0 saturated carbocycles. The summed E-state index contributed by atoms with van der Waals surface area (Å²) in [5.74, 6) is 0. The molecule has 1 rings (SSSR count). The van der Waals surface area contributed by atoms with Gasteiger partial charge in [-0.3, -0.25) is 0 Å². The molecule has 1 aromatic carbocycles. The SMILES string of the molecule is COC(C)C(C)Nc1ccc(Br)c(C(F)(F)F)c1. The van der Waals surface area contributed by atoms with E-state index in [0.29, 0.717) is 5.69 Å². The van der Waals surface area contributed by atoms with E-state index in [1.807, 2.05) is 13.8 Å². The van der Waals surface area contributed by atoms with Gasteiger partial charge in [-0.25, -0.2) is 0 Å². The highest BCUT2D eigenvalue weighted by Gasteiger charge is 2.33. The highest BCUT2D eigenvalue weighted by Crippen LogP contribution is 2.36. The minimum Gasteiger partial charge on any atom is -0.380 e. The molecule has 0 saturated heterocycles. The first-order chi connectivity index (χ1) is 8.25. The number of hydrogen-bond donors (Lipinski definition) is 1. The van der Waals surface area contributed by atoms with E-state index in [1.165, 1.54) is 6.07 Å². The molecule has 6 heteroatoms. The van der Waals surface area contributed by atoms with Gasteiger partial charge in [0.15, 0.2) is 0 Å². The van der Waals surface area contributed by atoms with E-state index < -0.39 is 11.7 Å². The smallest absolute Gasteiger partial charge is 0.380 e. The average Bonchev–Trinajstić information content (AvgIpc) is 2.29. The summed E-state index contributed by atoms with van der Waals surface area (Å²) in [5, 5.41) is 2.99. The third kappa shape index (κ3) is 3.88. The number of nitrogens with one attached hydrogen (secondary N) is 1. The third-order valence-corrected chi connectivity index (χ3v) is 3.43. The molecule has 0 spiro atoms. The zero-order chi connectivity index (χ0) is 13.9. The Balaban J connectivity index is 2.92. The summed E-state index contributed by atoms with van der Waals surface area (Å²) in [6, 6.07) is 3.98. The fraction of sp³-hybridized carbons (Fsp3) is 0.500.